The van der Waals surface area contributed by atoms with E-state index in [1.807, 2.05) is 4.72 Å². The molecule has 1 heterocycles. The Bertz CT molecular complexity index is 1160. The highest BCUT2D eigenvalue weighted by atomic mass is 32.2. The lowest BCUT2D eigenvalue weighted by molar-refractivity contribution is -0.141. The van der Waals surface area contributed by atoms with Crippen molar-refractivity contribution in [1.29, 1.82) is 0 Å². The first-order chi connectivity index (χ1) is 15.7. The molecule has 2 rings (SSSR count). The second-order valence-electron chi connectivity index (χ2n) is 7.39. The lowest BCUT2D eigenvalue weighted by atomic mass is 10.1. The summed E-state index contributed by atoms with van der Waals surface area (Å²) in [4.78, 5) is 15.7. The molecule has 0 radical (unpaired) electrons. The van der Waals surface area contributed by atoms with E-state index in [0.717, 1.165) is 30.5 Å². The van der Waals surface area contributed by atoms with Gasteiger partial charge in [0.2, 0.25) is 21.8 Å². The van der Waals surface area contributed by atoms with Gasteiger partial charge in [0.05, 0.1) is 18.0 Å². The van der Waals surface area contributed by atoms with Crippen molar-refractivity contribution in [3.8, 4) is 5.88 Å². The number of ether oxygens (including phenoxy) is 1. The molecule has 1 aromatic carbocycles. The van der Waals surface area contributed by atoms with Gasteiger partial charge in [0, 0.05) is 18.2 Å². The van der Waals surface area contributed by atoms with Crippen LogP contribution in [-0.2, 0) is 27.5 Å². The van der Waals surface area contributed by atoms with Crippen LogP contribution in [0.1, 0.15) is 37.1 Å². The van der Waals surface area contributed by atoms with Crippen LogP contribution in [0.25, 0.3) is 6.08 Å². The minimum absolute atomic E-state index is 0.148. The van der Waals surface area contributed by atoms with Crippen molar-refractivity contribution >= 4 is 33.4 Å². The van der Waals surface area contributed by atoms with Crippen LogP contribution in [0.5, 0.6) is 5.88 Å². The molecule has 0 aliphatic carbocycles. The first-order valence-electron chi connectivity index (χ1n) is 9.96. The smallest absolute Gasteiger partial charge is 0.433 e. The van der Waals surface area contributed by atoms with Gasteiger partial charge in [0.25, 0.3) is 0 Å². The van der Waals surface area contributed by atoms with Crippen LogP contribution in [0.15, 0.2) is 30.3 Å². The van der Waals surface area contributed by atoms with Crippen molar-refractivity contribution in [3.05, 3.63) is 53.0 Å². The third-order valence-corrected chi connectivity index (χ3v) is 4.99. The largest absolute Gasteiger partial charge is 0.474 e. The van der Waals surface area contributed by atoms with Crippen LogP contribution >= 0.6 is 0 Å². The summed E-state index contributed by atoms with van der Waals surface area (Å²) < 4.78 is 83.2. The Balaban J connectivity index is 2.14. The number of carbonyl (C=O) groups is 1. The average Bonchev–Trinajstić information content (AvgIpc) is 2.72. The maximum Gasteiger partial charge on any atom is 0.433 e. The second kappa shape index (κ2) is 10.7. The number of anilines is 2. The van der Waals surface area contributed by atoms with Crippen LogP contribution in [0.4, 0.5) is 28.9 Å². The van der Waals surface area contributed by atoms with Gasteiger partial charge in [-0.1, -0.05) is 6.92 Å². The Kier molecular flexibility index (Phi) is 8.48. The maximum atomic E-state index is 14.2. The zero-order valence-electron chi connectivity index (χ0n) is 18.5. The standard InChI is InChI=1S/C21H24F4N4O4S/c1-4-12(2)33-20-14(5-7-17(28-20)21(23,24)25)6-8-18(30)27-11-13-9-15(22)19(16(26)10-13)29-34(3,31)32/h5-10,12,29H,4,11,26H2,1-3H3,(H,27,30)/b8-6+. The monoisotopic (exact) mass is 504 g/mol. The number of carbonyl (C=O) groups excluding carboxylic acids is 1. The molecule has 4 N–H and O–H groups in total. The number of amides is 1. The van der Waals surface area contributed by atoms with E-state index in [0.29, 0.717) is 6.42 Å². The van der Waals surface area contributed by atoms with Crippen LogP contribution in [0.2, 0.25) is 0 Å². The maximum absolute atomic E-state index is 14.2. The normalized spacial score (nSPS) is 13.0. The van der Waals surface area contributed by atoms with Crippen molar-refractivity contribution < 1.29 is 35.5 Å². The topological polar surface area (TPSA) is 123 Å². The Hall–Kier alpha value is -3.35. The van der Waals surface area contributed by atoms with Gasteiger partial charge < -0.3 is 15.8 Å². The van der Waals surface area contributed by atoms with E-state index >= 15 is 0 Å². The lowest BCUT2D eigenvalue weighted by Crippen LogP contribution is -2.21. The SMILES string of the molecule is CCC(C)Oc1nc(C(F)(F)F)ccc1/C=C/C(=O)NCc1cc(N)c(NS(C)(=O)=O)c(F)c1. The molecule has 8 nitrogen and oxygen atoms in total. The number of hydrogen-bond donors (Lipinski definition) is 3. The van der Waals surface area contributed by atoms with Crippen molar-refractivity contribution in [2.45, 2.75) is 39.1 Å². The van der Waals surface area contributed by atoms with Gasteiger partial charge in [0.15, 0.2) is 0 Å². The summed E-state index contributed by atoms with van der Waals surface area (Å²) in [5.41, 5.74) is 4.41. The summed E-state index contributed by atoms with van der Waals surface area (Å²) in [6.07, 6.45) is -1.38. The second-order valence-corrected chi connectivity index (χ2v) is 9.14. The summed E-state index contributed by atoms with van der Waals surface area (Å²) >= 11 is 0. The molecule has 1 atom stereocenters. The number of alkyl halides is 3. The van der Waals surface area contributed by atoms with Crippen LogP contribution in [-0.4, -0.2) is 31.7 Å². The molecule has 1 unspecified atom stereocenters. The number of benzene rings is 1. The van der Waals surface area contributed by atoms with Crippen molar-refractivity contribution in [2.24, 2.45) is 0 Å². The molecule has 1 amide bonds. The molecule has 0 fully saturated rings. The molecule has 34 heavy (non-hydrogen) atoms. The number of nitrogens with two attached hydrogens (primary N) is 1. The van der Waals surface area contributed by atoms with E-state index in [1.165, 1.54) is 12.1 Å². The first kappa shape index (κ1) is 26.9. The Morgan fingerprint density at radius 3 is 2.53 bits per heavy atom. The number of aromatic nitrogens is 1. The number of nitrogens with zero attached hydrogens (tertiary/aromatic N) is 1. The lowest BCUT2D eigenvalue weighted by Gasteiger charge is -2.15. The number of rotatable bonds is 9. The predicted molar refractivity (Wildman–Crippen MR) is 120 cm³/mol. The molecule has 0 saturated heterocycles. The van der Waals surface area contributed by atoms with E-state index < -0.39 is 45.4 Å². The Morgan fingerprint density at radius 2 is 1.97 bits per heavy atom. The minimum atomic E-state index is -4.66. The highest BCUT2D eigenvalue weighted by Crippen LogP contribution is 2.31. The first-order valence-corrected chi connectivity index (χ1v) is 11.8. The Labute approximate surface area is 194 Å². The molecule has 0 bridgehead atoms. The fourth-order valence-corrected chi connectivity index (χ4v) is 3.19. The summed E-state index contributed by atoms with van der Waals surface area (Å²) in [5, 5.41) is 2.47. The number of halogens is 4. The molecule has 2 aromatic rings. The predicted octanol–water partition coefficient (Wildman–Crippen LogP) is 3.70. The summed E-state index contributed by atoms with van der Waals surface area (Å²) in [7, 11) is -3.75. The van der Waals surface area contributed by atoms with Gasteiger partial charge in [-0.05, 0) is 49.2 Å². The van der Waals surface area contributed by atoms with Gasteiger partial charge >= 0.3 is 6.18 Å². The average molecular weight is 505 g/mol. The fraction of sp³-hybridized carbons (Fsp3) is 0.333. The van der Waals surface area contributed by atoms with Gasteiger partial charge in [-0.2, -0.15) is 13.2 Å². The molecular weight excluding hydrogens is 480 g/mol. The summed E-state index contributed by atoms with van der Waals surface area (Å²) in [5.74, 6) is -1.82. The van der Waals surface area contributed by atoms with Crippen LogP contribution < -0.4 is 20.5 Å². The Morgan fingerprint density at radius 1 is 1.29 bits per heavy atom. The van der Waals surface area contributed by atoms with E-state index in [4.69, 9.17) is 10.5 Å². The molecule has 0 aliphatic rings. The highest BCUT2D eigenvalue weighted by molar-refractivity contribution is 7.92. The van der Waals surface area contributed by atoms with Gasteiger partial charge in [-0.3, -0.25) is 9.52 Å². The minimum Gasteiger partial charge on any atom is -0.474 e. The van der Waals surface area contributed by atoms with E-state index in [9.17, 15) is 30.8 Å². The molecule has 186 valence electrons. The molecular formula is C21H24F4N4O4S. The third kappa shape index (κ3) is 7.90. The number of nitrogen functional groups attached to an aromatic ring is 1. The molecule has 0 saturated carbocycles. The molecule has 0 aliphatic heterocycles. The van der Waals surface area contributed by atoms with Gasteiger partial charge in [0.1, 0.15) is 17.2 Å². The van der Waals surface area contributed by atoms with Gasteiger partial charge in [-0.15, -0.1) is 0 Å². The van der Waals surface area contributed by atoms with Gasteiger partial charge in [-0.25, -0.2) is 17.8 Å². The van der Waals surface area contributed by atoms with E-state index in [2.05, 4.69) is 10.3 Å². The van der Waals surface area contributed by atoms with Crippen LogP contribution in [0.3, 0.4) is 0 Å². The van der Waals surface area contributed by atoms with Crippen molar-refractivity contribution in [2.75, 3.05) is 16.7 Å². The highest BCUT2D eigenvalue weighted by Gasteiger charge is 2.33. The third-order valence-electron chi connectivity index (χ3n) is 4.42. The summed E-state index contributed by atoms with van der Waals surface area (Å²) in [6, 6.07) is 4.21. The molecule has 1 aromatic heterocycles. The van der Waals surface area contributed by atoms with Crippen molar-refractivity contribution in [1.82, 2.24) is 10.3 Å². The zero-order valence-corrected chi connectivity index (χ0v) is 19.3. The van der Waals surface area contributed by atoms with E-state index in [-0.39, 0.29) is 29.2 Å². The van der Waals surface area contributed by atoms with E-state index in [1.54, 1.807) is 13.8 Å². The number of sulfonamides is 1. The summed E-state index contributed by atoms with van der Waals surface area (Å²) in [6.45, 7) is 3.31. The molecule has 13 heteroatoms. The number of nitrogens with one attached hydrogen (secondary N) is 2. The zero-order chi connectivity index (χ0) is 25.7. The molecule has 0 spiro atoms. The number of hydrogen-bond acceptors (Lipinski definition) is 6. The fourth-order valence-electron chi connectivity index (χ4n) is 2.60. The quantitative estimate of drug-likeness (QED) is 0.272. The van der Waals surface area contributed by atoms with Crippen molar-refractivity contribution in [3.63, 3.8) is 0 Å². The van der Waals surface area contributed by atoms with Crippen LogP contribution in [0, 0.1) is 5.82 Å². The number of pyridine rings is 1.